The normalized spacial score (nSPS) is 16.9. The van der Waals surface area contributed by atoms with Gasteiger partial charge in [-0.05, 0) is 26.8 Å². The first-order chi connectivity index (χ1) is 9.06. The second-order valence-electron chi connectivity index (χ2n) is 5.43. The standard InChI is InChI=1S/C14H27N3O2.ClH/c1-11(14(19)17(3)10-9-15-2)16-13(18)12-7-5-4-6-8-12;/h11-12,15H,4-10H2,1-3H3,(H,16,18);1H/t11-;/m0./s1. The van der Waals surface area contributed by atoms with E-state index in [1.165, 1.54) is 6.42 Å². The van der Waals surface area contributed by atoms with Gasteiger partial charge in [-0.2, -0.15) is 0 Å². The molecule has 0 aromatic rings. The van der Waals surface area contributed by atoms with Crippen molar-refractivity contribution in [1.82, 2.24) is 15.5 Å². The van der Waals surface area contributed by atoms with Gasteiger partial charge in [-0.25, -0.2) is 0 Å². The number of amides is 2. The van der Waals surface area contributed by atoms with Gasteiger partial charge in [0.05, 0.1) is 0 Å². The van der Waals surface area contributed by atoms with Crippen LogP contribution in [0.5, 0.6) is 0 Å². The maximum Gasteiger partial charge on any atom is 0.244 e. The first-order valence-electron chi connectivity index (χ1n) is 7.26. The molecule has 5 nitrogen and oxygen atoms in total. The molecule has 0 aromatic carbocycles. The Hall–Kier alpha value is -0.810. The molecular formula is C14H28ClN3O2. The Kier molecular flexibility index (Phi) is 9.59. The topological polar surface area (TPSA) is 61.4 Å². The van der Waals surface area contributed by atoms with E-state index < -0.39 is 6.04 Å². The highest BCUT2D eigenvalue weighted by atomic mass is 35.5. The molecule has 20 heavy (non-hydrogen) atoms. The summed E-state index contributed by atoms with van der Waals surface area (Å²) in [5, 5.41) is 5.86. The zero-order valence-corrected chi connectivity index (χ0v) is 13.6. The van der Waals surface area contributed by atoms with Crippen molar-refractivity contribution in [3.8, 4) is 0 Å². The smallest absolute Gasteiger partial charge is 0.244 e. The van der Waals surface area contributed by atoms with Gasteiger partial charge in [-0.3, -0.25) is 9.59 Å². The van der Waals surface area contributed by atoms with Gasteiger partial charge in [0, 0.05) is 26.1 Å². The van der Waals surface area contributed by atoms with Crippen LogP contribution in [0, 0.1) is 5.92 Å². The van der Waals surface area contributed by atoms with Crippen LogP contribution < -0.4 is 10.6 Å². The SMILES string of the molecule is CNCCN(C)C(=O)[C@H](C)NC(=O)C1CCCCC1.Cl. The van der Waals surface area contributed by atoms with Gasteiger partial charge < -0.3 is 15.5 Å². The van der Waals surface area contributed by atoms with Crippen LogP contribution in [-0.2, 0) is 9.59 Å². The molecular weight excluding hydrogens is 278 g/mol. The van der Waals surface area contributed by atoms with Gasteiger partial charge in [0.15, 0.2) is 0 Å². The molecule has 0 aliphatic heterocycles. The van der Waals surface area contributed by atoms with E-state index in [0.717, 1.165) is 32.2 Å². The van der Waals surface area contributed by atoms with Crippen LogP contribution in [0.15, 0.2) is 0 Å². The molecule has 118 valence electrons. The summed E-state index contributed by atoms with van der Waals surface area (Å²) in [5.41, 5.74) is 0. The highest BCUT2D eigenvalue weighted by Gasteiger charge is 2.25. The Bertz CT molecular complexity index is 307. The Balaban J connectivity index is 0.00000361. The number of hydrogen-bond acceptors (Lipinski definition) is 3. The quantitative estimate of drug-likeness (QED) is 0.774. The molecule has 1 atom stereocenters. The average molecular weight is 306 g/mol. The molecule has 1 saturated carbocycles. The molecule has 0 bridgehead atoms. The molecule has 2 N–H and O–H groups in total. The van der Waals surface area contributed by atoms with E-state index in [-0.39, 0.29) is 30.1 Å². The van der Waals surface area contributed by atoms with Crippen molar-refractivity contribution in [3.63, 3.8) is 0 Å². The Labute approximate surface area is 128 Å². The maximum absolute atomic E-state index is 12.1. The van der Waals surface area contributed by atoms with Crippen LogP contribution in [-0.4, -0.2) is 49.9 Å². The summed E-state index contributed by atoms with van der Waals surface area (Å²) in [6, 6.07) is -0.434. The van der Waals surface area contributed by atoms with E-state index in [1.54, 1.807) is 18.9 Å². The molecule has 1 rings (SSSR count). The summed E-state index contributed by atoms with van der Waals surface area (Å²) in [6.07, 6.45) is 5.40. The molecule has 0 spiro atoms. The highest BCUT2D eigenvalue weighted by molar-refractivity contribution is 5.88. The number of rotatable bonds is 6. The molecule has 0 heterocycles. The van der Waals surface area contributed by atoms with Gasteiger partial charge in [0.1, 0.15) is 6.04 Å². The highest BCUT2D eigenvalue weighted by Crippen LogP contribution is 2.23. The largest absolute Gasteiger partial charge is 0.344 e. The second-order valence-corrected chi connectivity index (χ2v) is 5.43. The minimum absolute atomic E-state index is 0. The Morgan fingerprint density at radius 3 is 2.40 bits per heavy atom. The van der Waals surface area contributed by atoms with E-state index in [0.29, 0.717) is 6.54 Å². The Morgan fingerprint density at radius 2 is 1.85 bits per heavy atom. The lowest BCUT2D eigenvalue weighted by Crippen LogP contribution is -2.48. The predicted octanol–water partition coefficient (Wildman–Crippen LogP) is 1.17. The maximum atomic E-state index is 12.1. The number of nitrogens with zero attached hydrogens (tertiary/aromatic N) is 1. The molecule has 1 aliphatic carbocycles. The number of hydrogen-bond donors (Lipinski definition) is 2. The first kappa shape index (κ1) is 19.2. The van der Waals surface area contributed by atoms with E-state index in [1.807, 2.05) is 7.05 Å². The van der Waals surface area contributed by atoms with Crippen molar-refractivity contribution in [2.75, 3.05) is 27.2 Å². The monoisotopic (exact) mass is 305 g/mol. The fourth-order valence-electron chi connectivity index (χ4n) is 2.48. The summed E-state index contributed by atoms with van der Waals surface area (Å²) < 4.78 is 0. The minimum Gasteiger partial charge on any atom is -0.344 e. The van der Waals surface area contributed by atoms with E-state index in [9.17, 15) is 9.59 Å². The molecule has 0 unspecified atom stereocenters. The van der Waals surface area contributed by atoms with Crippen LogP contribution in [0.4, 0.5) is 0 Å². The van der Waals surface area contributed by atoms with Crippen LogP contribution in [0.1, 0.15) is 39.0 Å². The third-order valence-corrected chi connectivity index (χ3v) is 3.78. The van der Waals surface area contributed by atoms with Crippen molar-refractivity contribution >= 4 is 24.2 Å². The van der Waals surface area contributed by atoms with Crippen molar-refractivity contribution < 1.29 is 9.59 Å². The third kappa shape index (κ3) is 6.09. The van der Waals surface area contributed by atoms with E-state index in [4.69, 9.17) is 0 Å². The number of likely N-dealkylation sites (N-methyl/N-ethyl adjacent to an activating group) is 2. The van der Waals surface area contributed by atoms with E-state index >= 15 is 0 Å². The minimum atomic E-state index is -0.434. The van der Waals surface area contributed by atoms with Crippen LogP contribution in [0.2, 0.25) is 0 Å². The lowest BCUT2D eigenvalue weighted by molar-refractivity contribution is -0.136. The van der Waals surface area contributed by atoms with Crippen molar-refractivity contribution in [1.29, 1.82) is 0 Å². The van der Waals surface area contributed by atoms with Crippen molar-refractivity contribution in [2.45, 2.75) is 45.1 Å². The summed E-state index contributed by atoms with van der Waals surface area (Å²) >= 11 is 0. The fraction of sp³-hybridized carbons (Fsp3) is 0.857. The number of carbonyl (C=O) groups is 2. The molecule has 1 fully saturated rings. The molecule has 0 saturated heterocycles. The molecule has 1 aliphatic rings. The van der Waals surface area contributed by atoms with Crippen LogP contribution >= 0.6 is 12.4 Å². The van der Waals surface area contributed by atoms with Gasteiger partial charge in [0.2, 0.25) is 11.8 Å². The number of nitrogens with one attached hydrogen (secondary N) is 2. The summed E-state index contributed by atoms with van der Waals surface area (Å²) in [5.74, 6) is 0.119. The molecule has 6 heteroatoms. The van der Waals surface area contributed by atoms with Crippen LogP contribution in [0.25, 0.3) is 0 Å². The van der Waals surface area contributed by atoms with Crippen molar-refractivity contribution in [3.05, 3.63) is 0 Å². The Morgan fingerprint density at radius 1 is 1.25 bits per heavy atom. The molecule has 0 radical (unpaired) electrons. The third-order valence-electron chi connectivity index (χ3n) is 3.78. The average Bonchev–Trinajstić information content (AvgIpc) is 2.44. The molecule has 0 aromatic heterocycles. The number of carbonyl (C=O) groups excluding carboxylic acids is 2. The van der Waals surface area contributed by atoms with Gasteiger partial charge in [-0.15, -0.1) is 12.4 Å². The lowest BCUT2D eigenvalue weighted by atomic mass is 9.88. The van der Waals surface area contributed by atoms with Gasteiger partial charge in [0.25, 0.3) is 0 Å². The summed E-state index contributed by atoms with van der Waals surface area (Å²) in [4.78, 5) is 25.8. The number of halogens is 1. The van der Waals surface area contributed by atoms with Crippen molar-refractivity contribution in [2.24, 2.45) is 5.92 Å². The second kappa shape index (κ2) is 10.00. The first-order valence-corrected chi connectivity index (χ1v) is 7.26. The zero-order valence-electron chi connectivity index (χ0n) is 12.8. The summed E-state index contributed by atoms with van der Waals surface area (Å²) in [6.45, 7) is 3.17. The summed E-state index contributed by atoms with van der Waals surface area (Å²) in [7, 11) is 3.62. The molecule has 2 amide bonds. The zero-order chi connectivity index (χ0) is 14.3. The predicted molar refractivity (Wildman–Crippen MR) is 83.0 cm³/mol. The lowest BCUT2D eigenvalue weighted by Gasteiger charge is -2.25. The fourth-order valence-corrected chi connectivity index (χ4v) is 2.48. The van der Waals surface area contributed by atoms with E-state index in [2.05, 4.69) is 10.6 Å². The van der Waals surface area contributed by atoms with Gasteiger partial charge >= 0.3 is 0 Å². The van der Waals surface area contributed by atoms with Crippen LogP contribution in [0.3, 0.4) is 0 Å². The van der Waals surface area contributed by atoms with Gasteiger partial charge in [-0.1, -0.05) is 19.3 Å².